The summed E-state index contributed by atoms with van der Waals surface area (Å²) in [6.45, 7) is 2.19. The van der Waals surface area contributed by atoms with E-state index in [-0.39, 0.29) is 6.92 Å². The molecule has 0 heterocycles. The first-order valence-electron chi connectivity index (χ1n) is 14.7. The van der Waals surface area contributed by atoms with Crippen LogP contribution in [0.1, 0.15) is 6.92 Å². The number of rotatable bonds is 14. The summed E-state index contributed by atoms with van der Waals surface area (Å²) in [5, 5.41) is 0. The minimum Gasteiger partial charge on any atom is -0.393 e. The first kappa shape index (κ1) is 62.4. The average Bonchev–Trinajstić information content (AvgIpc) is 3.11. The molecule has 0 radical (unpaired) electrons. The van der Waals surface area contributed by atoms with Gasteiger partial charge in [0.05, 0.1) is 0 Å². The summed E-state index contributed by atoms with van der Waals surface area (Å²) >= 11 is 0. The van der Waals surface area contributed by atoms with Crippen LogP contribution in [0.2, 0.25) is 0 Å². The summed E-state index contributed by atoms with van der Waals surface area (Å²) in [5.41, 5.74) is -13.2. The number of hydrogen-bond donors (Lipinski definition) is 0. The number of hydrogen-bond acceptors (Lipinski definition) is 2. The highest BCUT2D eigenvalue weighted by Gasteiger charge is 3.09. The average molecular weight is 1120 g/mol. The van der Waals surface area contributed by atoms with Gasteiger partial charge in [0.15, 0.2) is 0 Å². The standard InChI is InChI=1S/C25H5F41O2/c1-3(2)4(67)68-25(65,66)24(63,64)23(61,62)22(59,60)21(57,58)20(55,56)19(53,54)18(51,52)17(49,50)14(43,44)11(37,38)8(31,32)5(26)6(27,28)9(33,34)12(39,40)15(45,46)16(47,48)13(41,42)10(35,36)7(5,29)30/h1H2,2H3. The summed E-state index contributed by atoms with van der Waals surface area (Å²) in [5.74, 6) is -201. The normalized spacial score (nSPS) is 23.7. The van der Waals surface area contributed by atoms with Gasteiger partial charge < -0.3 is 4.74 Å². The Bertz CT molecular complexity index is 1920. The molecule has 0 aromatic heterocycles. The van der Waals surface area contributed by atoms with E-state index in [0.717, 1.165) is 0 Å². The Hall–Kier alpha value is -3.66. The highest BCUT2D eigenvalue weighted by molar-refractivity contribution is 5.87. The van der Waals surface area contributed by atoms with Crippen LogP contribution in [0.3, 0.4) is 0 Å². The molecule has 1 rings (SSSR count). The van der Waals surface area contributed by atoms with Crippen LogP contribution in [-0.2, 0) is 9.53 Å². The lowest BCUT2D eigenvalue weighted by Gasteiger charge is -2.51. The number of esters is 1. The van der Waals surface area contributed by atoms with Crippen molar-refractivity contribution in [2.75, 3.05) is 0 Å². The molecule has 1 saturated carbocycles. The number of carbonyl (C=O) groups excluding carboxylic acids is 1. The van der Waals surface area contributed by atoms with Gasteiger partial charge in [0, 0.05) is 5.57 Å². The molecule has 68 heavy (non-hydrogen) atoms. The van der Waals surface area contributed by atoms with Crippen molar-refractivity contribution in [2.24, 2.45) is 0 Å². The van der Waals surface area contributed by atoms with Crippen LogP contribution in [0.25, 0.3) is 0 Å². The lowest BCUT2D eigenvalue weighted by molar-refractivity contribution is -0.498. The molecule has 0 aromatic carbocycles. The molecular formula is C25H5F41O2. The molecule has 0 N–H and O–H groups in total. The monoisotopic (exact) mass is 1120 g/mol. The molecule has 0 spiro atoms. The van der Waals surface area contributed by atoms with Gasteiger partial charge in [0.25, 0.3) is 0 Å². The minimum atomic E-state index is -11.4. The fourth-order valence-corrected chi connectivity index (χ4v) is 4.65. The van der Waals surface area contributed by atoms with E-state index in [0.29, 0.717) is 0 Å². The van der Waals surface area contributed by atoms with Crippen LogP contribution >= 0.6 is 0 Å². The van der Waals surface area contributed by atoms with Crippen molar-refractivity contribution in [2.45, 2.75) is 131 Å². The fourth-order valence-electron chi connectivity index (χ4n) is 4.65. The van der Waals surface area contributed by atoms with E-state index in [1.165, 1.54) is 0 Å². The van der Waals surface area contributed by atoms with Gasteiger partial charge in [-0.2, -0.15) is 176 Å². The Balaban J connectivity index is 4.53. The molecule has 0 aromatic rings. The number of halogens is 41. The largest absolute Gasteiger partial charge is 0.473 e. The van der Waals surface area contributed by atoms with Crippen molar-refractivity contribution in [1.29, 1.82) is 0 Å². The Morgan fingerprint density at radius 2 is 0.471 bits per heavy atom. The minimum absolute atomic E-state index is 0.00274. The molecule has 404 valence electrons. The molecule has 1 fully saturated rings. The zero-order valence-corrected chi connectivity index (χ0v) is 29.5. The summed E-state index contributed by atoms with van der Waals surface area (Å²) in [4.78, 5) is 10.9. The van der Waals surface area contributed by atoms with Gasteiger partial charge in [0.2, 0.25) is 0 Å². The Labute approximate surface area is 340 Å². The summed E-state index contributed by atoms with van der Waals surface area (Å²) in [7, 11) is 0. The topological polar surface area (TPSA) is 26.3 Å². The van der Waals surface area contributed by atoms with Gasteiger partial charge >= 0.3 is 130 Å². The van der Waals surface area contributed by atoms with E-state index < -0.39 is 136 Å². The van der Waals surface area contributed by atoms with Crippen molar-refractivity contribution in [1.82, 2.24) is 0 Å². The second-order valence-electron chi connectivity index (χ2n) is 13.3. The Morgan fingerprint density at radius 3 is 0.662 bits per heavy atom. The lowest BCUT2D eigenvalue weighted by atomic mass is 9.72. The van der Waals surface area contributed by atoms with Gasteiger partial charge in [-0.1, -0.05) is 6.58 Å². The molecule has 0 bridgehead atoms. The van der Waals surface area contributed by atoms with Gasteiger partial charge in [-0.15, -0.1) is 0 Å². The molecule has 0 saturated heterocycles. The lowest BCUT2D eigenvalue weighted by Crippen LogP contribution is -2.85. The van der Waals surface area contributed by atoms with Crippen LogP contribution in [0.15, 0.2) is 12.2 Å². The van der Waals surface area contributed by atoms with E-state index in [1.807, 2.05) is 0 Å². The van der Waals surface area contributed by atoms with E-state index in [9.17, 15) is 180 Å². The number of ether oxygens (including phenoxy) is 1. The van der Waals surface area contributed by atoms with Gasteiger partial charge in [-0.3, -0.25) is 0 Å². The first-order chi connectivity index (χ1) is 28.6. The van der Waals surface area contributed by atoms with Crippen molar-refractivity contribution in [3.63, 3.8) is 0 Å². The van der Waals surface area contributed by atoms with Gasteiger partial charge in [-0.05, 0) is 6.92 Å². The van der Waals surface area contributed by atoms with E-state index in [1.54, 1.807) is 0 Å². The molecule has 43 heteroatoms. The Kier molecular flexibility index (Phi) is 13.5. The van der Waals surface area contributed by atoms with Crippen LogP contribution in [-0.4, -0.2) is 130 Å². The maximum atomic E-state index is 15.3. The van der Waals surface area contributed by atoms with Crippen LogP contribution < -0.4 is 0 Å². The fraction of sp³-hybridized carbons (Fsp3) is 0.880. The van der Waals surface area contributed by atoms with Gasteiger partial charge in [-0.25, -0.2) is 9.18 Å². The van der Waals surface area contributed by atoms with Crippen LogP contribution in [0.4, 0.5) is 180 Å². The predicted molar refractivity (Wildman–Crippen MR) is 124 cm³/mol. The molecule has 2 nitrogen and oxygen atoms in total. The van der Waals surface area contributed by atoms with Gasteiger partial charge in [0.1, 0.15) is 0 Å². The van der Waals surface area contributed by atoms with Crippen molar-refractivity contribution >= 4 is 5.97 Å². The molecule has 0 unspecified atom stereocenters. The quantitative estimate of drug-likeness (QED) is 0.0984. The highest BCUT2D eigenvalue weighted by atomic mass is 19.4. The maximum Gasteiger partial charge on any atom is 0.473 e. The molecule has 1 aliphatic rings. The molecule has 0 aliphatic heterocycles. The molecule has 0 atom stereocenters. The van der Waals surface area contributed by atoms with Crippen molar-refractivity contribution in [3.8, 4) is 0 Å². The third kappa shape index (κ3) is 6.21. The second-order valence-corrected chi connectivity index (χ2v) is 13.3. The summed E-state index contributed by atoms with van der Waals surface area (Å²) in [6.07, 6.45) is -7.99. The molecular weight excluding hydrogens is 1110 g/mol. The van der Waals surface area contributed by atoms with E-state index in [4.69, 9.17) is 0 Å². The SMILES string of the molecule is C=C(C)C(=O)OC(F)(F)C(F)(F)C(F)(F)C(F)(F)C(F)(F)C(F)(F)C(F)(F)C(F)(F)C(F)(F)C(F)(F)C(F)(F)C(F)(F)C1(F)C(F)(F)C(F)(F)C(F)(F)C(F)(F)C(F)(F)C(F)(F)C(F)(F)C1(F)F. The third-order valence-electron chi connectivity index (χ3n) is 8.94. The first-order valence-corrected chi connectivity index (χ1v) is 14.7. The molecule has 1 aliphatic carbocycles. The second kappa shape index (κ2) is 14.7. The zero-order valence-electron chi connectivity index (χ0n) is 29.5. The molecule has 0 amide bonds. The van der Waals surface area contributed by atoms with Crippen LogP contribution in [0, 0.1) is 0 Å². The smallest absolute Gasteiger partial charge is 0.393 e. The zero-order chi connectivity index (χ0) is 56.4. The third-order valence-corrected chi connectivity index (χ3v) is 8.94. The van der Waals surface area contributed by atoms with E-state index in [2.05, 4.69) is 11.3 Å². The van der Waals surface area contributed by atoms with Crippen molar-refractivity contribution in [3.05, 3.63) is 12.2 Å². The maximum absolute atomic E-state index is 15.3. The number of alkyl halides is 41. The number of carbonyl (C=O) groups is 1. The van der Waals surface area contributed by atoms with Crippen LogP contribution in [0.5, 0.6) is 0 Å². The Morgan fingerprint density at radius 1 is 0.309 bits per heavy atom. The van der Waals surface area contributed by atoms with Crippen molar-refractivity contribution < 1.29 is 190 Å². The summed E-state index contributed by atoms with van der Waals surface area (Å²) < 4.78 is 582. The predicted octanol–water partition coefficient (Wildman–Crippen LogP) is 13.5. The van der Waals surface area contributed by atoms with E-state index >= 15 is 4.39 Å². The summed E-state index contributed by atoms with van der Waals surface area (Å²) in [6, 6.07) is 0. The highest BCUT2D eigenvalue weighted by Crippen LogP contribution is 2.76.